The molecule has 0 radical (unpaired) electrons. The van der Waals surface area contributed by atoms with Gasteiger partial charge in [-0.3, -0.25) is 9.89 Å². The zero-order chi connectivity index (χ0) is 17.6. The van der Waals surface area contributed by atoms with Crippen LogP contribution in [0.3, 0.4) is 0 Å². The molecule has 2 atom stereocenters. The van der Waals surface area contributed by atoms with Gasteiger partial charge in [-0.05, 0) is 57.6 Å². The lowest BCUT2D eigenvalue weighted by Gasteiger charge is -2.39. The molecule has 2 unspecified atom stereocenters. The summed E-state index contributed by atoms with van der Waals surface area (Å²) in [4.78, 5) is 8.30. The third kappa shape index (κ3) is 6.69. The number of rotatable bonds is 6. The first kappa shape index (κ1) is 22.7. The number of nitrogens with zero attached hydrogens (tertiary/aromatic N) is 2. The molecule has 0 aromatic carbocycles. The molecule has 2 heterocycles. The van der Waals surface area contributed by atoms with E-state index in [4.69, 9.17) is 4.74 Å². The van der Waals surface area contributed by atoms with Crippen LogP contribution in [0.15, 0.2) is 22.5 Å². The van der Waals surface area contributed by atoms with Crippen molar-refractivity contribution in [2.75, 3.05) is 40.8 Å². The Labute approximate surface area is 173 Å². The van der Waals surface area contributed by atoms with E-state index < -0.39 is 0 Å². The highest BCUT2D eigenvalue weighted by Gasteiger charge is 2.31. The molecule has 1 aliphatic rings. The van der Waals surface area contributed by atoms with Gasteiger partial charge in [-0.15, -0.1) is 35.3 Å². The molecule has 1 fully saturated rings. The molecule has 2 rings (SSSR count). The van der Waals surface area contributed by atoms with Crippen molar-refractivity contribution in [3.05, 3.63) is 22.4 Å². The molecule has 0 bridgehead atoms. The Kier molecular flexibility index (Phi) is 9.69. The summed E-state index contributed by atoms with van der Waals surface area (Å²) >= 11 is 1.86. The van der Waals surface area contributed by atoms with Gasteiger partial charge in [-0.2, -0.15) is 0 Å². The second kappa shape index (κ2) is 10.7. The van der Waals surface area contributed by atoms with Gasteiger partial charge in [0.05, 0.1) is 5.60 Å². The summed E-state index contributed by atoms with van der Waals surface area (Å²) in [5.74, 6) is 1.44. The van der Waals surface area contributed by atoms with Gasteiger partial charge in [0.25, 0.3) is 0 Å². The third-order valence-electron chi connectivity index (χ3n) is 4.83. The highest BCUT2D eigenvalue weighted by Crippen LogP contribution is 2.36. The Balaban J connectivity index is 0.00000312. The number of thiophene rings is 1. The normalized spacial score (nSPS) is 22.4. The zero-order valence-electron chi connectivity index (χ0n) is 16.0. The smallest absolute Gasteiger partial charge is 0.191 e. The second-order valence-electron chi connectivity index (χ2n) is 7.11. The van der Waals surface area contributed by atoms with Crippen LogP contribution in [0.5, 0.6) is 0 Å². The lowest BCUT2D eigenvalue weighted by atomic mass is 9.88. The molecule has 5 nitrogen and oxygen atoms in total. The summed E-state index contributed by atoms with van der Waals surface area (Å²) in [7, 11) is 5.80. The van der Waals surface area contributed by atoms with Gasteiger partial charge in [0, 0.05) is 38.2 Å². The van der Waals surface area contributed by atoms with Gasteiger partial charge in [-0.25, -0.2) is 0 Å². The minimum Gasteiger partial charge on any atom is -0.377 e. The van der Waals surface area contributed by atoms with E-state index in [9.17, 15) is 0 Å². The maximum atomic E-state index is 5.46. The average Bonchev–Trinajstić information content (AvgIpc) is 3.09. The summed E-state index contributed by atoms with van der Waals surface area (Å²) in [5.41, 5.74) is -0.206. The van der Waals surface area contributed by atoms with Crippen LogP contribution in [-0.2, 0) is 4.74 Å². The molecule has 25 heavy (non-hydrogen) atoms. The van der Waals surface area contributed by atoms with Gasteiger partial charge in [0.15, 0.2) is 5.96 Å². The fourth-order valence-corrected chi connectivity index (χ4v) is 4.18. The van der Waals surface area contributed by atoms with Crippen LogP contribution in [0, 0.1) is 5.92 Å². The molecular formula is C18H33IN4OS. The monoisotopic (exact) mass is 480 g/mol. The molecule has 1 aromatic heterocycles. The van der Waals surface area contributed by atoms with Gasteiger partial charge in [0.2, 0.25) is 0 Å². The predicted octanol–water partition coefficient (Wildman–Crippen LogP) is 3.34. The van der Waals surface area contributed by atoms with Gasteiger partial charge in [0.1, 0.15) is 0 Å². The molecule has 0 spiro atoms. The maximum Gasteiger partial charge on any atom is 0.191 e. The van der Waals surface area contributed by atoms with Crippen LogP contribution >= 0.6 is 35.3 Å². The highest BCUT2D eigenvalue weighted by molar-refractivity contribution is 14.0. The standard InChI is InChI=1S/C18H32N4OS.HI/c1-18(2,23-5)13-21-17(19-3)20-12-14-8-6-10-22(4)16(14)15-9-7-11-24-15;/h7,9,11,14,16H,6,8,10,12-13H2,1-5H3,(H2,19,20,21);1H. The fraction of sp³-hybridized carbons (Fsp3) is 0.722. The summed E-state index contributed by atoms with van der Waals surface area (Å²) in [6, 6.07) is 4.92. The van der Waals surface area contributed by atoms with E-state index in [1.807, 2.05) is 18.4 Å². The van der Waals surface area contributed by atoms with Crippen molar-refractivity contribution >= 4 is 41.3 Å². The van der Waals surface area contributed by atoms with E-state index in [0.29, 0.717) is 12.0 Å². The van der Waals surface area contributed by atoms with Crippen molar-refractivity contribution in [3.63, 3.8) is 0 Å². The number of halogens is 1. The number of likely N-dealkylation sites (tertiary alicyclic amines) is 1. The molecule has 144 valence electrons. The largest absolute Gasteiger partial charge is 0.377 e. The van der Waals surface area contributed by atoms with Gasteiger partial charge < -0.3 is 15.4 Å². The number of nitrogens with one attached hydrogen (secondary N) is 2. The molecule has 1 saturated heterocycles. The number of guanidine groups is 1. The van der Waals surface area contributed by atoms with Crippen LogP contribution in [0.25, 0.3) is 0 Å². The van der Waals surface area contributed by atoms with E-state index in [-0.39, 0.29) is 29.6 Å². The summed E-state index contributed by atoms with van der Waals surface area (Å²) in [6.45, 7) is 6.96. The maximum absolute atomic E-state index is 5.46. The number of methoxy groups -OCH3 is 1. The first-order valence-corrected chi connectivity index (χ1v) is 9.58. The quantitative estimate of drug-likeness (QED) is 0.373. The van der Waals surface area contributed by atoms with E-state index in [2.05, 4.69) is 58.9 Å². The molecule has 7 heteroatoms. The number of hydrogen-bond acceptors (Lipinski definition) is 4. The van der Waals surface area contributed by atoms with Crippen molar-refractivity contribution in [1.82, 2.24) is 15.5 Å². The number of piperidine rings is 1. The second-order valence-corrected chi connectivity index (χ2v) is 8.09. The molecular weight excluding hydrogens is 447 g/mol. The highest BCUT2D eigenvalue weighted by atomic mass is 127. The first-order valence-electron chi connectivity index (χ1n) is 8.70. The average molecular weight is 480 g/mol. The van der Waals surface area contributed by atoms with Crippen LogP contribution in [-0.4, -0.2) is 57.3 Å². The number of ether oxygens (including phenoxy) is 1. The van der Waals surface area contributed by atoms with E-state index in [0.717, 1.165) is 19.0 Å². The lowest BCUT2D eigenvalue weighted by molar-refractivity contribution is 0.0268. The van der Waals surface area contributed by atoms with Crippen LogP contribution in [0.4, 0.5) is 0 Å². The Hall–Kier alpha value is -0.380. The van der Waals surface area contributed by atoms with Crippen molar-refractivity contribution in [2.24, 2.45) is 10.9 Å². The number of aliphatic imine (C=N–C) groups is 1. The molecule has 1 aliphatic heterocycles. The summed E-state index contributed by atoms with van der Waals surface area (Å²) < 4.78 is 5.46. The minimum absolute atomic E-state index is 0. The van der Waals surface area contributed by atoms with Crippen LogP contribution in [0.1, 0.15) is 37.6 Å². The van der Waals surface area contributed by atoms with E-state index in [1.165, 1.54) is 24.3 Å². The topological polar surface area (TPSA) is 48.9 Å². The predicted molar refractivity (Wildman–Crippen MR) is 118 cm³/mol. The van der Waals surface area contributed by atoms with Crippen molar-refractivity contribution in [3.8, 4) is 0 Å². The first-order chi connectivity index (χ1) is 11.5. The Morgan fingerprint density at radius 1 is 1.44 bits per heavy atom. The van der Waals surface area contributed by atoms with Crippen molar-refractivity contribution < 1.29 is 4.74 Å². The fourth-order valence-electron chi connectivity index (χ4n) is 3.20. The third-order valence-corrected chi connectivity index (χ3v) is 5.77. The lowest BCUT2D eigenvalue weighted by Crippen LogP contribution is -2.48. The molecule has 1 aromatic rings. The van der Waals surface area contributed by atoms with Crippen molar-refractivity contribution in [2.45, 2.75) is 38.3 Å². The molecule has 0 saturated carbocycles. The zero-order valence-corrected chi connectivity index (χ0v) is 19.2. The molecule has 0 aliphatic carbocycles. The Morgan fingerprint density at radius 3 is 2.80 bits per heavy atom. The van der Waals surface area contributed by atoms with E-state index in [1.54, 1.807) is 7.11 Å². The Bertz CT molecular complexity index is 521. The van der Waals surface area contributed by atoms with Crippen LogP contribution in [0.2, 0.25) is 0 Å². The van der Waals surface area contributed by atoms with Crippen molar-refractivity contribution in [1.29, 1.82) is 0 Å². The number of hydrogen-bond donors (Lipinski definition) is 2. The van der Waals surface area contributed by atoms with Crippen LogP contribution < -0.4 is 10.6 Å². The minimum atomic E-state index is -0.206. The van der Waals surface area contributed by atoms with Gasteiger partial charge >= 0.3 is 0 Å². The summed E-state index contributed by atoms with van der Waals surface area (Å²) in [5, 5.41) is 9.05. The molecule has 2 N–H and O–H groups in total. The Morgan fingerprint density at radius 2 is 2.20 bits per heavy atom. The summed E-state index contributed by atoms with van der Waals surface area (Å²) in [6.07, 6.45) is 2.51. The molecule has 0 amide bonds. The van der Waals surface area contributed by atoms with E-state index >= 15 is 0 Å². The van der Waals surface area contributed by atoms with Gasteiger partial charge in [-0.1, -0.05) is 6.07 Å². The SMILES string of the molecule is CN=C(NCC1CCCN(C)C1c1cccs1)NCC(C)(C)OC.I.